The minimum Gasteiger partial charge on any atom is -0.467 e. The van der Waals surface area contributed by atoms with Crippen LogP contribution in [0, 0.1) is 17.8 Å². The number of halogens is 1. The van der Waals surface area contributed by atoms with Crippen LogP contribution in [-0.4, -0.2) is 29.0 Å². The summed E-state index contributed by atoms with van der Waals surface area (Å²) in [6.45, 7) is 4.99. The van der Waals surface area contributed by atoms with Crippen molar-refractivity contribution in [2.24, 2.45) is 17.8 Å². The molecule has 24 heavy (non-hydrogen) atoms. The van der Waals surface area contributed by atoms with Crippen molar-refractivity contribution >= 4 is 17.5 Å². The van der Waals surface area contributed by atoms with Crippen LogP contribution in [0.15, 0.2) is 10.9 Å². The lowest BCUT2D eigenvalue weighted by molar-refractivity contribution is -0.123. The Labute approximate surface area is 147 Å². The SMILES string of the molecule is CCC1CC(CC)CC(CNC(=O)COc2cc(Cl)[nH]c(=O)n2)C1. The average molecular weight is 356 g/mol. The van der Waals surface area contributed by atoms with Crippen LogP contribution in [0.5, 0.6) is 5.88 Å². The fourth-order valence-corrected chi connectivity index (χ4v) is 3.64. The highest BCUT2D eigenvalue weighted by Gasteiger charge is 2.27. The smallest absolute Gasteiger partial charge is 0.349 e. The van der Waals surface area contributed by atoms with Crippen molar-refractivity contribution < 1.29 is 9.53 Å². The molecule has 2 N–H and O–H groups in total. The van der Waals surface area contributed by atoms with Crippen LogP contribution in [0.4, 0.5) is 0 Å². The molecular formula is C17H26ClN3O3. The van der Waals surface area contributed by atoms with Gasteiger partial charge in [0.25, 0.3) is 5.91 Å². The van der Waals surface area contributed by atoms with Gasteiger partial charge >= 0.3 is 5.69 Å². The van der Waals surface area contributed by atoms with E-state index in [1.54, 1.807) is 0 Å². The van der Waals surface area contributed by atoms with Crippen molar-refractivity contribution in [3.63, 3.8) is 0 Å². The maximum atomic E-state index is 11.9. The summed E-state index contributed by atoms with van der Waals surface area (Å²) in [5, 5.41) is 3.06. The van der Waals surface area contributed by atoms with Gasteiger partial charge < -0.3 is 10.1 Å². The van der Waals surface area contributed by atoms with Crippen LogP contribution in [0.25, 0.3) is 0 Å². The average Bonchev–Trinajstić information content (AvgIpc) is 2.57. The van der Waals surface area contributed by atoms with Gasteiger partial charge in [-0.3, -0.25) is 9.78 Å². The standard InChI is InChI=1S/C17H26ClN3O3/c1-3-11-5-12(4-2)7-13(6-11)9-19-15(22)10-24-16-8-14(18)20-17(23)21-16/h8,11-13H,3-7,9-10H2,1-2H3,(H,19,22)(H,20,21,23). The molecule has 2 unspecified atom stereocenters. The van der Waals surface area contributed by atoms with Gasteiger partial charge in [0, 0.05) is 12.6 Å². The second-order valence-corrected chi connectivity index (χ2v) is 6.99. The number of amides is 1. The third-order valence-corrected chi connectivity index (χ3v) is 4.99. The van der Waals surface area contributed by atoms with Crippen molar-refractivity contribution in [1.82, 2.24) is 15.3 Å². The molecule has 1 aliphatic carbocycles. The Kier molecular flexibility index (Phi) is 7.09. The summed E-state index contributed by atoms with van der Waals surface area (Å²) in [5.74, 6) is 1.91. The number of ether oxygens (including phenoxy) is 1. The molecular weight excluding hydrogens is 330 g/mol. The summed E-state index contributed by atoms with van der Waals surface area (Å²) in [6.07, 6.45) is 6.09. The Morgan fingerprint density at radius 2 is 1.92 bits per heavy atom. The fraction of sp³-hybridized carbons (Fsp3) is 0.706. The molecule has 0 saturated heterocycles. The van der Waals surface area contributed by atoms with Crippen LogP contribution in [-0.2, 0) is 4.79 Å². The van der Waals surface area contributed by atoms with Gasteiger partial charge in [-0.05, 0) is 37.0 Å². The van der Waals surface area contributed by atoms with Crippen LogP contribution < -0.4 is 15.7 Å². The van der Waals surface area contributed by atoms with E-state index in [-0.39, 0.29) is 23.5 Å². The molecule has 1 aromatic heterocycles. The summed E-state index contributed by atoms with van der Waals surface area (Å²) in [5.41, 5.74) is -0.601. The largest absolute Gasteiger partial charge is 0.467 e. The van der Waals surface area contributed by atoms with E-state index >= 15 is 0 Å². The number of carbonyl (C=O) groups excluding carboxylic acids is 1. The molecule has 1 heterocycles. The number of aromatic amines is 1. The van der Waals surface area contributed by atoms with E-state index in [1.165, 1.54) is 38.2 Å². The lowest BCUT2D eigenvalue weighted by Crippen LogP contribution is -2.36. The number of H-pyrrole nitrogens is 1. The predicted octanol–water partition coefficient (Wildman–Crippen LogP) is 2.77. The molecule has 2 atom stereocenters. The molecule has 1 amide bonds. The fourth-order valence-electron chi connectivity index (χ4n) is 3.47. The zero-order valence-electron chi connectivity index (χ0n) is 14.3. The van der Waals surface area contributed by atoms with Crippen molar-refractivity contribution in [1.29, 1.82) is 0 Å². The van der Waals surface area contributed by atoms with E-state index in [0.717, 1.165) is 11.8 Å². The molecule has 6 nitrogen and oxygen atoms in total. The van der Waals surface area contributed by atoms with E-state index in [9.17, 15) is 9.59 Å². The van der Waals surface area contributed by atoms with Gasteiger partial charge in [0.1, 0.15) is 5.15 Å². The number of aromatic nitrogens is 2. The van der Waals surface area contributed by atoms with Crippen molar-refractivity contribution in [2.75, 3.05) is 13.2 Å². The number of nitrogens with one attached hydrogen (secondary N) is 2. The summed E-state index contributed by atoms with van der Waals surface area (Å²) in [7, 11) is 0. The summed E-state index contributed by atoms with van der Waals surface area (Å²) in [6, 6.07) is 1.37. The first-order valence-electron chi connectivity index (χ1n) is 8.66. The number of carbonyl (C=O) groups is 1. The number of nitrogens with zero attached hydrogens (tertiary/aromatic N) is 1. The van der Waals surface area contributed by atoms with Crippen LogP contribution >= 0.6 is 11.6 Å². The number of hydrogen-bond donors (Lipinski definition) is 2. The van der Waals surface area contributed by atoms with Crippen LogP contribution in [0.1, 0.15) is 46.0 Å². The highest BCUT2D eigenvalue weighted by Crippen LogP contribution is 2.36. The normalized spacial score (nSPS) is 23.7. The minimum absolute atomic E-state index is 0.0497. The first-order chi connectivity index (χ1) is 11.5. The number of hydrogen-bond acceptors (Lipinski definition) is 4. The molecule has 0 spiro atoms. The monoisotopic (exact) mass is 355 g/mol. The predicted molar refractivity (Wildman–Crippen MR) is 93.3 cm³/mol. The Bertz CT molecular complexity index is 593. The number of rotatable bonds is 7. The third kappa shape index (κ3) is 5.82. The highest BCUT2D eigenvalue weighted by molar-refractivity contribution is 6.29. The van der Waals surface area contributed by atoms with Gasteiger partial charge in [0.15, 0.2) is 6.61 Å². The molecule has 7 heteroatoms. The molecule has 0 aromatic carbocycles. The van der Waals surface area contributed by atoms with E-state index in [2.05, 4.69) is 29.1 Å². The highest BCUT2D eigenvalue weighted by atomic mass is 35.5. The summed E-state index contributed by atoms with van der Waals surface area (Å²) >= 11 is 5.71. The Morgan fingerprint density at radius 3 is 2.50 bits per heavy atom. The Balaban J connectivity index is 1.77. The third-order valence-electron chi connectivity index (χ3n) is 4.78. The van der Waals surface area contributed by atoms with Gasteiger partial charge in [-0.2, -0.15) is 4.98 Å². The molecule has 1 saturated carbocycles. The van der Waals surface area contributed by atoms with Gasteiger partial charge in [0.05, 0.1) is 0 Å². The second kappa shape index (κ2) is 9.06. The maximum absolute atomic E-state index is 11.9. The zero-order valence-corrected chi connectivity index (χ0v) is 15.1. The summed E-state index contributed by atoms with van der Waals surface area (Å²) < 4.78 is 5.23. The van der Waals surface area contributed by atoms with E-state index < -0.39 is 5.69 Å². The quantitative estimate of drug-likeness (QED) is 0.736. The molecule has 1 fully saturated rings. The van der Waals surface area contributed by atoms with Gasteiger partial charge in [-0.1, -0.05) is 38.3 Å². The Hall–Kier alpha value is -1.56. The molecule has 134 valence electrons. The molecule has 0 aliphatic heterocycles. The molecule has 1 aromatic rings. The first kappa shape index (κ1) is 18.8. The van der Waals surface area contributed by atoms with Gasteiger partial charge in [-0.15, -0.1) is 0 Å². The van der Waals surface area contributed by atoms with Crippen molar-refractivity contribution in [2.45, 2.75) is 46.0 Å². The van der Waals surface area contributed by atoms with Crippen LogP contribution in [0.3, 0.4) is 0 Å². The zero-order chi connectivity index (χ0) is 17.5. The molecule has 2 rings (SSSR count). The van der Waals surface area contributed by atoms with Crippen molar-refractivity contribution in [3.8, 4) is 5.88 Å². The molecule has 0 radical (unpaired) electrons. The van der Waals surface area contributed by atoms with Crippen molar-refractivity contribution in [3.05, 3.63) is 21.7 Å². The molecule has 1 aliphatic rings. The van der Waals surface area contributed by atoms with Crippen LogP contribution in [0.2, 0.25) is 5.15 Å². The van der Waals surface area contributed by atoms with E-state index in [1.807, 2.05) is 0 Å². The lowest BCUT2D eigenvalue weighted by Gasteiger charge is -2.34. The van der Waals surface area contributed by atoms with E-state index in [4.69, 9.17) is 16.3 Å². The summed E-state index contributed by atoms with van der Waals surface area (Å²) in [4.78, 5) is 29.0. The maximum Gasteiger partial charge on any atom is 0.349 e. The topological polar surface area (TPSA) is 84.1 Å². The Morgan fingerprint density at radius 1 is 1.29 bits per heavy atom. The minimum atomic E-state index is -0.601. The van der Waals surface area contributed by atoms with E-state index in [0.29, 0.717) is 12.5 Å². The van der Waals surface area contributed by atoms with Gasteiger partial charge in [-0.25, -0.2) is 4.79 Å². The molecule has 0 bridgehead atoms. The van der Waals surface area contributed by atoms with Gasteiger partial charge in [0.2, 0.25) is 5.88 Å². The first-order valence-corrected chi connectivity index (χ1v) is 9.04. The lowest BCUT2D eigenvalue weighted by atomic mass is 9.73. The second-order valence-electron chi connectivity index (χ2n) is 6.59.